The third-order valence-electron chi connectivity index (χ3n) is 3.76. The average Bonchev–Trinajstić information content (AvgIpc) is 3.03. The van der Waals surface area contributed by atoms with Crippen molar-refractivity contribution in [3.05, 3.63) is 47.5 Å². The van der Waals surface area contributed by atoms with E-state index in [1.807, 2.05) is 18.6 Å². The van der Waals surface area contributed by atoms with Crippen LogP contribution in [0.4, 0.5) is 0 Å². The monoisotopic (exact) mass is 257 g/mol. The van der Waals surface area contributed by atoms with E-state index in [4.69, 9.17) is 10.5 Å². The van der Waals surface area contributed by atoms with Crippen molar-refractivity contribution < 1.29 is 4.74 Å². The zero-order chi connectivity index (χ0) is 13.2. The third-order valence-corrected chi connectivity index (χ3v) is 3.76. The van der Waals surface area contributed by atoms with Gasteiger partial charge < -0.3 is 15.0 Å². The summed E-state index contributed by atoms with van der Waals surface area (Å²) in [6.45, 7) is 3.57. The maximum absolute atomic E-state index is 6.03. The van der Waals surface area contributed by atoms with Gasteiger partial charge in [0.1, 0.15) is 12.4 Å². The Morgan fingerprint density at radius 3 is 3.21 bits per heavy atom. The Bertz CT molecular complexity index is 577. The van der Waals surface area contributed by atoms with Gasteiger partial charge in [-0.05, 0) is 43.0 Å². The summed E-state index contributed by atoms with van der Waals surface area (Å²) in [5, 5.41) is 0. The summed E-state index contributed by atoms with van der Waals surface area (Å²) in [5.74, 6) is 0.914. The number of aromatic nitrogens is 2. The van der Waals surface area contributed by atoms with Gasteiger partial charge in [-0.1, -0.05) is 6.07 Å². The predicted molar refractivity (Wildman–Crippen MR) is 73.9 cm³/mol. The van der Waals surface area contributed by atoms with E-state index in [1.165, 1.54) is 11.1 Å². The van der Waals surface area contributed by atoms with Crippen LogP contribution in [0.1, 0.15) is 36.2 Å². The highest BCUT2D eigenvalue weighted by atomic mass is 16.5. The average molecular weight is 257 g/mol. The molecule has 19 heavy (non-hydrogen) atoms. The highest BCUT2D eigenvalue weighted by molar-refractivity contribution is 5.40. The first-order chi connectivity index (χ1) is 9.28. The summed E-state index contributed by atoms with van der Waals surface area (Å²) in [5.41, 5.74) is 9.73. The second kappa shape index (κ2) is 5.05. The summed E-state index contributed by atoms with van der Waals surface area (Å²) in [6, 6.07) is 6.43. The molecule has 0 saturated heterocycles. The molecule has 0 aliphatic heterocycles. The molecule has 1 aliphatic rings. The van der Waals surface area contributed by atoms with Crippen LogP contribution in [0.15, 0.2) is 30.7 Å². The Hall–Kier alpha value is -1.81. The van der Waals surface area contributed by atoms with Crippen molar-refractivity contribution in [2.45, 2.75) is 39.0 Å². The van der Waals surface area contributed by atoms with Crippen molar-refractivity contribution in [3.63, 3.8) is 0 Å². The van der Waals surface area contributed by atoms with E-state index in [-0.39, 0.29) is 6.04 Å². The minimum atomic E-state index is 0.200. The van der Waals surface area contributed by atoms with Crippen molar-refractivity contribution in [1.82, 2.24) is 9.55 Å². The number of nitrogens with zero attached hydrogens (tertiary/aromatic N) is 2. The molecule has 0 radical (unpaired) electrons. The van der Waals surface area contributed by atoms with E-state index < -0.39 is 0 Å². The van der Waals surface area contributed by atoms with E-state index in [1.54, 1.807) is 0 Å². The molecule has 0 spiro atoms. The molecule has 4 nitrogen and oxygen atoms in total. The summed E-state index contributed by atoms with van der Waals surface area (Å²) in [4.78, 5) is 4.14. The summed E-state index contributed by atoms with van der Waals surface area (Å²) in [7, 11) is 0. The lowest BCUT2D eigenvalue weighted by Crippen LogP contribution is -2.05. The van der Waals surface area contributed by atoms with Gasteiger partial charge in [0, 0.05) is 12.6 Å². The quantitative estimate of drug-likeness (QED) is 0.915. The van der Waals surface area contributed by atoms with Gasteiger partial charge in [0.15, 0.2) is 0 Å². The fourth-order valence-electron chi connectivity index (χ4n) is 2.63. The molecule has 1 aromatic carbocycles. The molecular formula is C15H19N3O. The topological polar surface area (TPSA) is 53.1 Å². The van der Waals surface area contributed by atoms with Crippen LogP contribution in [-0.2, 0) is 19.6 Å². The number of rotatable bonds is 4. The van der Waals surface area contributed by atoms with Crippen LogP contribution in [0.25, 0.3) is 0 Å². The number of hydrogen-bond acceptors (Lipinski definition) is 3. The third kappa shape index (κ3) is 2.36. The first kappa shape index (κ1) is 12.2. The fourth-order valence-corrected chi connectivity index (χ4v) is 2.63. The number of ether oxygens (including phenoxy) is 1. The van der Waals surface area contributed by atoms with Crippen molar-refractivity contribution in [2.75, 3.05) is 0 Å². The Labute approximate surface area is 113 Å². The molecule has 0 fully saturated rings. The zero-order valence-electron chi connectivity index (χ0n) is 11.2. The molecular weight excluding hydrogens is 238 g/mol. The van der Waals surface area contributed by atoms with Gasteiger partial charge in [-0.3, -0.25) is 0 Å². The smallest absolute Gasteiger partial charge is 0.130 e. The molecule has 0 unspecified atom stereocenters. The molecule has 4 heteroatoms. The number of aryl methyl sites for hydroxylation is 2. The number of fused-ring (bicyclic) bond motifs is 1. The molecule has 100 valence electrons. The molecule has 0 amide bonds. The van der Waals surface area contributed by atoms with E-state index in [2.05, 4.69) is 28.6 Å². The Morgan fingerprint density at radius 2 is 2.37 bits per heavy atom. The number of benzene rings is 1. The Balaban J connectivity index is 1.71. The van der Waals surface area contributed by atoms with Gasteiger partial charge in [-0.2, -0.15) is 0 Å². The maximum atomic E-state index is 6.03. The van der Waals surface area contributed by atoms with E-state index >= 15 is 0 Å². The van der Waals surface area contributed by atoms with Gasteiger partial charge in [0.2, 0.25) is 0 Å². The molecule has 1 aliphatic carbocycles. The van der Waals surface area contributed by atoms with Crippen LogP contribution in [0.5, 0.6) is 5.75 Å². The normalized spacial score (nSPS) is 17.5. The minimum absolute atomic E-state index is 0.200. The molecule has 0 saturated carbocycles. The molecule has 3 rings (SSSR count). The van der Waals surface area contributed by atoms with Gasteiger partial charge in [0.05, 0.1) is 18.2 Å². The molecule has 1 atom stereocenters. The standard InChI is InChI=1S/C15H19N3O/c1-2-18-10-17-8-12(18)9-19-13-4-5-14-11(7-13)3-6-15(14)16/h4-5,7-8,10,15H,2-3,6,9,16H2,1H3/t15-/m0/s1. The summed E-state index contributed by atoms with van der Waals surface area (Å²) >= 11 is 0. The summed E-state index contributed by atoms with van der Waals surface area (Å²) < 4.78 is 7.94. The van der Waals surface area contributed by atoms with Gasteiger partial charge in [0.25, 0.3) is 0 Å². The first-order valence-electron chi connectivity index (χ1n) is 6.78. The maximum Gasteiger partial charge on any atom is 0.130 e. The Kier molecular flexibility index (Phi) is 3.25. The van der Waals surface area contributed by atoms with E-state index in [9.17, 15) is 0 Å². The van der Waals surface area contributed by atoms with E-state index in [0.717, 1.165) is 30.8 Å². The second-order valence-corrected chi connectivity index (χ2v) is 4.97. The zero-order valence-corrected chi connectivity index (χ0v) is 11.2. The van der Waals surface area contributed by atoms with Crippen LogP contribution in [-0.4, -0.2) is 9.55 Å². The van der Waals surface area contributed by atoms with Gasteiger partial charge >= 0.3 is 0 Å². The second-order valence-electron chi connectivity index (χ2n) is 4.97. The van der Waals surface area contributed by atoms with Crippen LogP contribution in [0.2, 0.25) is 0 Å². The van der Waals surface area contributed by atoms with Crippen LogP contribution in [0, 0.1) is 0 Å². The van der Waals surface area contributed by atoms with Gasteiger partial charge in [-0.15, -0.1) is 0 Å². The Morgan fingerprint density at radius 1 is 1.47 bits per heavy atom. The van der Waals surface area contributed by atoms with Crippen LogP contribution >= 0.6 is 0 Å². The molecule has 2 N–H and O–H groups in total. The number of hydrogen-bond donors (Lipinski definition) is 1. The van der Waals surface area contributed by atoms with Crippen molar-refractivity contribution in [2.24, 2.45) is 5.73 Å². The molecule has 1 aromatic heterocycles. The number of imidazole rings is 1. The predicted octanol–water partition coefficient (Wildman–Crippen LogP) is 2.43. The lowest BCUT2D eigenvalue weighted by atomic mass is 10.1. The van der Waals surface area contributed by atoms with Crippen molar-refractivity contribution >= 4 is 0 Å². The SMILES string of the molecule is CCn1cncc1COc1ccc2c(c1)CC[C@@H]2N. The fraction of sp³-hybridized carbons (Fsp3) is 0.400. The molecule has 1 heterocycles. The van der Waals surface area contributed by atoms with E-state index in [0.29, 0.717) is 6.61 Å². The lowest BCUT2D eigenvalue weighted by molar-refractivity contribution is 0.295. The van der Waals surface area contributed by atoms with Crippen LogP contribution < -0.4 is 10.5 Å². The summed E-state index contributed by atoms with van der Waals surface area (Å²) in [6.07, 6.45) is 5.79. The highest BCUT2D eigenvalue weighted by Gasteiger charge is 2.19. The number of nitrogens with two attached hydrogens (primary N) is 1. The van der Waals surface area contributed by atoms with Crippen LogP contribution in [0.3, 0.4) is 0 Å². The van der Waals surface area contributed by atoms with Crippen molar-refractivity contribution in [3.8, 4) is 5.75 Å². The highest BCUT2D eigenvalue weighted by Crippen LogP contribution is 2.31. The first-order valence-corrected chi connectivity index (χ1v) is 6.78. The molecule has 2 aromatic rings. The minimum Gasteiger partial charge on any atom is -0.487 e. The lowest BCUT2D eigenvalue weighted by Gasteiger charge is -2.10. The molecule has 0 bridgehead atoms. The van der Waals surface area contributed by atoms with Gasteiger partial charge in [-0.25, -0.2) is 4.98 Å². The van der Waals surface area contributed by atoms with Crippen molar-refractivity contribution in [1.29, 1.82) is 0 Å². The largest absolute Gasteiger partial charge is 0.487 e.